The van der Waals surface area contributed by atoms with Crippen molar-refractivity contribution in [3.05, 3.63) is 24.0 Å². The molecule has 0 aliphatic heterocycles. The van der Waals surface area contributed by atoms with Crippen LogP contribution in [0, 0.1) is 12.8 Å². The van der Waals surface area contributed by atoms with Crippen molar-refractivity contribution in [3.8, 4) is 0 Å². The van der Waals surface area contributed by atoms with Crippen molar-refractivity contribution in [2.45, 2.75) is 19.8 Å². The van der Waals surface area contributed by atoms with Crippen molar-refractivity contribution in [3.63, 3.8) is 0 Å². The maximum absolute atomic E-state index is 4.35. The Balaban J connectivity index is 1.92. The highest BCUT2D eigenvalue weighted by Crippen LogP contribution is 2.28. The van der Waals surface area contributed by atoms with Crippen LogP contribution in [0.1, 0.15) is 18.4 Å². The lowest BCUT2D eigenvalue weighted by molar-refractivity contribution is 0.858. The van der Waals surface area contributed by atoms with Crippen LogP contribution in [0.3, 0.4) is 0 Å². The van der Waals surface area contributed by atoms with Gasteiger partial charge in [0.2, 0.25) is 0 Å². The Morgan fingerprint density at radius 1 is 1.53 bits per heavy atom. The number of hydrogen-bond donors (Lipinski definition) is 1. The highest BCUT2D eigenvalue weighted by molar-refractivity contribution is 5.53. The summed E-state index contributed by atoms with van der Waals surface area (Å²) in [6.07, 6.45) is 6.39. The van der Waals surface area contributed by atoms with E-state index >= 15 is 0 Å². The van der Waals surface area contributed by atoms with Gasteiger partial charge in [-0.1, -0.05) is 0 Å². The fraction of sp³-hybridized carbons (Fsp3) is 0.455. The summed E-state index contributed by atoms with van der Waals surface area (Å²) in [6, 6.07) is 1.98. The summed E-state index contributed by atoms with van der Waals surface area (Å²) < 4.78 is 1.87. The van der Waals surface area contributed by atoms with Gasteiger partial charge in [0.1, 0.15) is 5.82 Å². The first-order valence-corrected chi connectivity index (χ1v) is 5.38. The lowest BCUT2D eigenvalue weighted by atomic mass is 10.3. The first-order valence-electron chi connectivity index (χ1n) is 5.38. The fourth-order valence-electron chi connectivity index (χ4n) is 1.71. The molecule has 1 aliphatic rings. The number of imidazole rings is 1. The topological polar surface area (TPSA) is 42.2 Å². The van der Waals surface area contributed by atoms with Crippen molar-refractivity contribution in [2.24, 2.45) is 5.92 Å². The summed E-state index contributed by atoms with van der Waals surface area (Å²) in [6.45, 7) is 3.10. The molecule has 1 aliphatic carbocycles. The second-order valence-corrected chi connectivity index (χ2v) is 4.22. The molecular formula is C11H14N4. The predicted octanol–water partition coefficient (Wildman–Crippen LogP) is 1.86. The molecule has 0 amide bonds. The zero-order valence-corrected chi connectivity index (χ0v) is 8.77. The monoisotopic (exact) mass is 202 g/mol. The lowest BCUT2D eigenvalue weighted by Crippen LogP contribution is -2.06. The average Bonchev–Trinajstić information content (AvgIpc) is 2.97. The molecule has 78 valence electrons. The van der Waals surface area contributed by atoms with Crippen LogP contribution >= 0.6 is 0 Å². The van der Waals surface area contributed by atoms with Crippen molar-refractivity contribution >= 4 is 11.5 Å². The molecule has 2 aromatic rings. The zero-order chi connectivity index (χ0) is 10.3. The van der Waals surface area contributed by atoms with Crippen molar-refractivity contribution in [2.75, 3.05) is 11.9 Å². The van der Waals surface area contributed by atoms with Gasteiger partial charge in [-0.05, 0) is 37.3 Å². The number of nitrogens with zero attached hydrogens (tertiary/aromatic N) is 3. The molecule has 4 heteroatoms. The molecule has 15 heavy (non-hydrogen) atoms. The molecule has 0 unspecified atom stereocenters. The second kappa shape index (κ2) is 3.22. The highest BCUT2D eigenvalue weighted by Gasteiger charge is 2.21. The minimum atomic E-state index is 0.861. The van der Waals surface area contributed by atoms with E-state index in [1.54, 1.807) is 0 Å². The molecule has 0 aromatic carbocycles. The maximum atomic E-state index is 4.35. The first kappa shape index (κ1) is 8.71. The normalized spacial score (nSPS) is 15.8. The largest absolute Gasteiger partial charge is 0.368 e. The third kappa shape index (κ3) is 1.56. The van der Waals surface area contributed by atoms with Crippen LogP contribution in [0.2, 0.25) is 0 Å². The van der Waals surface area contributed by atoms with Gasteiger partial charge in [-0.2, -0.15) is 9.61 Å². The molecule has 0 radical (unpaired) electrons. The van der Waals surface area contributed by atoms with Gasteiger partial charge in [0.25, 0.3) is 0 Å². The van der Waals surface area contributed by atoms with Gasteiger partial charge in [0, 0.05) is 12.7 Å². The summed E-state index contributed by atoms with van der Waals surface area (Å²) in [4.78, 5) is 4.35. The Labute approximate surface area is 88.3 Å². The third-order valence-electron chi connectivity index (χ3n) is 2.87. The van der Waals surface area contributed by atoms with E-state index in [9.17, 15) is 0 Å². The predicted molar refractivity (Wildman–Crippen MR) is 58.9 cm³/mol. The van der Waals surface area contributed by atoms with Gasteiger partial charge < -0.3 is 5.32 Å². The van der Waals surface area contributed by atoms with Gasteiger partial charge in [-0.25, -0.2) is 4.98 Å². The molecule has 0 saturated heterocycles. The van der Waals surface area contributed by atoms with Gasteiger partial charge in [-0.3, -0.25) is 0 Å². The SMILES string of the molecule is Cc1ccnn2c(NCC3CC3)cnc12. The van der Waals surface area contributed by atoms with E-state index in [0.717, 1.165) is 29.5 Å². The summed E-state index contributed by atoms with van der Waals surface area (Å²) in [5.41, 5.74) is 2.10. The molecular weight excluding hydrogens is 188 g/mol. The first-order chi connectivity index (χ1) is 7.34. The van der Waals surface area contributed by atoms with Crippen LogP contribution in [0.5, 0.6) is 0 Å². The number of anilines is 1. The smallest absolute Gasteiger partial charge is 0.158 e. The third-order valence-corrected chi connectivity index (χ3v) is 2.87. The van der Waals surface area contributed by atoms with E-state index in [1.807, 2.05) is 23.0 Å². The minimum absolute atomic E-state index is 0.861. The van der Waals surface area contributed by atoms with Crippen LogP contribution in [0.4, 0.5) is 5.82 Å². The lowest BCUT2D eigenvalue weighted by Gasteiger charge is -2.03. The number of rotatable bonds is 3. The summed E-state index contributed by atoms with van der Waals surface area (Å²) in [5.74, 6) is 1.86. The molecule has 2 aromatic heterocycles. The van der Waals surface area contributed by atoms with E-state index in [4.69, 9.17) is 0 Å². The summed E-state index contributed by atoms with van der Waals surface area (Å²) in [7, 11) is 0. The van der Waals surface area contributed by atoms with Crippen molar-refractivity contribution < 1.29 is 0 Å². The fourth-order valence-corrected chi connectivity index (χ4v) is 1.71. The Morgan fingerprint density at radius 2 is 2.40 bits per heavy atom. The zero-order valence-electron chi connectivity index (χ0n) is 8.77. The van der Waals surface area contributed by atoms with E-state index in [2.05, 4.69) is 22.3 Å². The summed E-state index contributed by atoms with van der Waals surface area (Å²) >= 11 is 0. The van der Waals surface area contributed by atoms with Crippen LogP contribution in [-0.4, -0.2) is 21.1 Å². The van der Waals surface area contributed by atoms with Gasteiger partial charge in [0.15, 0.2) is 5.65 Å². The molecule has 2 heterocycles. The number of fused-ring (bicyclic) bond motifs is 1. The van der Waals surface area contributed by atoms with E-state index in [0.29, 0.717) is 0 Å². The molecule has 1 N–H and O–H groups in total. The maximum Gasteiger partial charge on any atom is 0.158 e. The van der Waals surface area contributed by atoms with E-state index in [-0.39, 0.29) is 0 Å². The van der Waals surface area contributed by atoms with Crippen molar-refractivity contribution in [1.82, 2.24) is 14.6 Å². The van der Waals surface area contributed by atoms with Gasteiger partial charge in [0.05, 0.1) is 6.20 Å². The van der Waals surface area contributed by atoms with E-state index in [1.165, 1.54) is 12.8 Å². The molecule has 1 saturated carbocycles. The van der Waals surface area contributed by atoms with Crippen LogP contribution in [0.15, 0.2) is 18.5 Å². The number of aryl methyl sites for hydroxylation is 1. The quantitative estimate of drug-likeness (QED) is 0.826. The van der Waals surface area contributed by atoms with E-state index < -0.39 is 0 Å². The Hall–Kier alpha value is -1.58. The Kier molecular flexibility index (Phi) is 1.87. The molecule has 1 fully saturated rings. The van der Waals surface area contributed by atoms with Gasteiger partial charge >= 0.3 is 0 Å². The minimum Gasteiger partial charge on any atom is -0.368 e. The molecule has 3 rings (SSSR count). The Bertz CT molecular complexity index is 484. The van der Waals surface area contributed by atoms with Gasteiger partial charge in [-0.15, -0.1) is 0 Å². The van der Waals surface area contributed by atoms with Crippen LogP contribution in [0.25, 0.3) is 5.65 Å². The standard InChI is InChI=1S/C11H14N4/c1-8-4-5-14-15-10(7-13-11(8)15)12-6-9-2-3-9/h4-5,7,9,12H,2-3,6H2,1H3. The Morgan fingerprint density at radius 3 is 3.20 bits per heavy atom. The second-order valence-electron chi connectivity index (χ2n) is 4.22. The number of aromatic nitrogens is 3. The van der Waals surface area contributed by atoms with Crippen molar-refractivity contribution in [1.29, 1.82) is 0 Å². The number of nitrogens with one attached hydrogen (secondary N) is 1. The molecule has 4 nitrogen and oxygen atoms in total. The molecule has 0 bridgehead atoms. The molecule has 0 spiro atoms. The highest BCUT2D eigenvalue weighted by atomic mass is 15.3. The van der Waals surface area contributed by atoms with Crippen LogP contribution < -0.4 is 5.32 Å². The van der Waals surface area contributed by atoms with Crippen LogP contribution in [-0.2, 0) is 0 Å². The summed E-state index contributed by atoms with van der Waals surface area (Å²) in [5, 5.41) is 7.69. The average molecular weight is 202 g/mol. The molecule has 0 atom stereocenters. The number of hydrogen-bond acceptors (Lipinski definition) is 3.